The van der Waals surface area contributed by atoms with Crippen LogP contribution in [0.15, 0.2) is 12.3 Å². The van der Waals surface area contributed by atoms with E-state index in [9.17, 15) is 13.2 Å². The van der Waals surface area contributed by atoms with E-state index in [0.717, 1.165) is 10.9 Å². The normalized spacial score (nSPS) is 11.5. The van der Waals surface area contributed by atoms with E-state index >= 15 is 0 Å². The van der Waals surface area contributed by atoms with Crippen LogP contribution in [-0.4, -0.2) is 41.3 Å². The first kappa shape index (κ1) is 10.7. The molecule has 0 amide bonds. The molecule has 0 aliphatic carbocycles. The molecule has 1 N–H and O–H groups in total. The van der Waals surface area contributed by atoms with Gasteiger partial charge in [-0.15, -0.1) is 0 Å². The van der Waals surface area contributed by atoms with Crippen LogP contribution >= 0.6 is 0 Å². The molecular weight excluding hydrogens is 208 g/mol. The number of carboxylic acid groups (broad SMARTS) is 1. The second-order valence-electron chi connectivity index (χ2n) is 2.87. The number of sulfone groups is 1. The molecule has 0 atom stereocenters. The van der Waals surface area contributed by atoms with Crippen molar-refractivity contribution in [3.05, 3.63) is 18.0 Å². The molecule has 0 radical (unpaired) electrons. The standard InChI is InChI=1S/C7H10N2O4S/c1-14(12,13)5-4-9-6(7(10)11)2-3-8-9/h2-3H,4-5H2,1H3,(H,10,11). The van der Waals surface area contributed by atoms with Crippen LogP contribution in [0.2, 0.25) is 0 Å². The van der Waals surface area contributed by atoms with Gasteiger partial charge in [-0.1, -0.05) is 0 Å². The van der Waals surface area contributed by atoms with E-state index in [1.54, 1.807) is 0 Å². The summed E-state index contributed by atoms with van der Waals surface area (Å²) in [6.07, 6.45) is 2.42. The first-order chi connectivity index (χ1) is 6.40. The Bertz CT molecular complexity index is 434. The number of aryl methyl sites for hydroxylation is 1. The summed E-state index contributed by atoms with van der Waals surface area (Å²) in [6, 6.07) is 1.32. The quantitative estimate of drug-likeness (QED) is 0.744. The summed E-state index contributed by atoms with van der Waals surface area (Å²) in [6.45, 7) is 0.0630. The molecule has 78 valence electrons. The van der Waals surface area contributed by atoms with Gasteiger partial charge in [0.1, 0.15) is 15.5 Å². The SMILES string of the molecule is CS(=O)(=O)CCn1nccc1C(=O)O. The van der Waals surface area contributed by atoms with Gasteiger partial charge < -0.3 is 5.11 Å². The van der Waals surface area contributed by atoms with Crippen molar-refractivity contribution in [1.29, 1.82) is 0 Å². The van der Waals surface area contributed by atoms with E-state index in [1.165, 1.54) is 12.3 Å². The number of carbonyl (C=O) groups is 1. The number of hydrogen-bond donors (Lipinski definition) is 1. The smallest absolute Gasteiger partial charge is 0.354 e. The van der Waals surface area contributed by atoms with Crippen molar-refractivity contribution in [3.63, 3.8) is 0 Å². The highest BCUT2D eigenvalue weighted by molar-refractivity contribution is 7.90. The first-order valence-electron chi connectivity index (χ1n) is 3.83. The molecule has 0 aromatic carbocycles. The molecule has 1 aromatic rings. The fourth-order valence-corrected chi connectivity index (χ4v) is 1.45. The topological polar surface area (TPSA) is 89.3 Å². The van der Waals surface area contributed by atoms with Crippen LogP contribution in [-0.2, 0) is 16.4 Å². The number of aromatic carboxylic acids is 1. The molecule has 0 unspecified atom stereocenters. The van der Waals surface area contributed by atoms with Crippen molar-refractivity contribution in [1.82, 2.24) is 9.78 Å². The average Bonchev–Trinajstić information content (AvgIpc) is 2.46. The highest BCUT2D eigenvalue weighted by Crippen LogP contribution is 1.99. The first-order valence-corrected chi connectivity index (χ1v) is 5.89. The Labute approximate surface area is 81.1 Å². The Kier molecular flexibility index (Phi) is 2.90. The minimum atomic E-state index is -3.10. The van der Waals surface area contributed by atoms with Crippen LogP contribution in [0.4, 0.5) is 0 Å². The molecule has 0 fully saturated rings. The molecule has 6 nitrogen and oxygen atoms in total. The minimum Gasteiger partial charge on any atom is -0.477 e. The van der Waals surface area contributed by atoms with E-state index in [1.807, 2.05) is 0 Å². The Morgan fingerprint density at radius 1 is 1.64 bits per heavy atom. The number of hydrogen-bond acceptors (Lipinski definition) is 4. The predicted molar refractivity (Wildman–Crippen MR) is 48.9 cm³/mol. The van der Waals surface area contributed by atoms with Gasteiger partial charge in [-0.25, -0.2) is 13.2 Å². The van der Waals surface area contributed by atoms with Gasteiger partial charge in [0, 0.05) is 12.5 Å². The minimum absolute atomic E-state index is 0.00588. The summed E-state index contributed by atoms with van der Waals surface area (Å²) in [5, 5.41) is 12.4. The Morgan fingerprint density at radius 2 is 2.29 bits per heavy atom. The molecule has 0 spiro atoms. The summed E-state index contributed by atoms with van der Waals surface area (Å²) < 4.78 is 22.8. The summed E-state index contributed by atoms with van der Waals surface area (Å²) in [5.74, 6) is -1.23. The van der Waals surface area contributed by atoms with Crippen LogP contribution in [0.5, 0.6) is 0 Å². The molecule has 1 rings (SSSR count). The third-order valence-electron chi connectivity index (χ3n) is 1.61. The number of carboxylic acids is 1. The fourth-order valence-electron chi connectivity index (χ4n) is 0.945. The van der Waals surface area contributed by atoms with E-state index in [0.29, 0.717) is 0 Å². The average molecular weight is 218 g/mol. The molecule has 1 aromatic heterocycles. The lowest BCUT2D eigenvalue weighted by Gasteiger charge is -2.02. The maximum absolute atomic E-state index is 10.8. The molecule has 1 heterocycles. The van der Waals surface area contributed by atoms with Crippen LogP contribution in [0.25, 0.3) is 0 Å². The summed E-state index contributed by atoms with van der Waals surface area (Å²) in [4.78, 5) is 10.6. The van der Waals surface area contributed by atoms with Crippen LogP contribution in [0.1, 0.15) is 10.5 Å². The van der Waals surface area contributed by atoms with Gasteiger partial charge in [0.2, 0.25) is 0 Å². The molecule has 0 aliphatic heterocycles. The van der Waals surface area contributed by atoms with Gasteiger partial charge in [-0.3, -0.25) is 4.68 Å². The molecule has 0 saturated heterocycles. The Balaban J connectivity index is 2.77. The summed E-state index contributed by atoms with van der Waals surface area (Å²) in [7, 11) is -3.10. The van der Waals surface area contributed by atoms with Crippen LogP contribution in [0.3, 0.4) is 0 Å². The third kappa shape index (κ3) is 2.84. The summed E-state index contributed by atoms with van der Waals surface area (Å²) in [5.41, 5.74) is -0.00588. The van der Waals surface area contributed by atoms with Gasteiger partial charge in [-0.2, -0.15) is 5.10 Å². The third-order valence-corrected chi connectivity index (χ3v) is 2.53. The van der Waals surface area contributed by atoms with Crippen LogP contribution in [0, 0.1) is 0 Å². The van der Waals surface area contributed by atoms with Gasteiger partial charge >= 0.3 is 5.97 Å². The molecule has 0 bridgehead atoms. The molecule has 0 aliphatic rings. The lowest BCUT2D eigenvalue weighted by Crippen LogP contribution is -2.16. The van der Waals surface area contributed by atoms with E-state index in [4.69, 9.17) is 5.11 Å². The maximum Gasteiger partial charge on any atom is 0.354 e. The Hall–Kier alpha value is -1.37. The second kappa shape index (κ2) is 3.79. The monoisotopic (exact) mass is 218 g/mol. The van der Waals surface area contributed by atoms with E-state index in [2.05, 4.69) is 5.10 Å². The van der Waals surface area contributed by atoms with Gasteiger partial charge in [0.05, 0.1) is 12.3 Å². The van der Waals surface area contributed by atoms with Crippen molar-refractivity contribution >= 4 is 15.8 Å². The van der Waals surface area contributed by atoms with Crippen molar-refractivity contribution in [3.8, 4) is 0 Å². The highest BCUT2D eigenvalue weighted by Gasteiger charge is 2.11. The highest BCUT2D eigenvalue weighted by atomic mass is 32.2. The molecular formula is C7H10N2O4S. The van der Waals surface area contributed by atoms with Gasteiger partial charge in [-0.05, 0) is 6.07 Å². The largest absolute Gasteiger partial charge is 0.477 e. The van der Waals surface area contributed by atoms with Crippen molar-refractivity contribution in [2.24, 2.45) is 0 Å². The lowest BCUT2D eigenvalue weighted by atomic mass is 10.4. The molecule has 14 heavy (non-hydrogen) atoms. The number of nitrogens with zero attached hydrogens (tertiary/aromatic N) is 2. The predicted octanol–water partition coefficient (Wildman–Crippen LogP) is -0.374. The van der Waals surface area contributed by atoms with Crippen LogP contribution < -0.4 is 0 Å². The van der Waals surface area contributed by atoms with E-state index in [-0.39, 0.29) is 18.0 Å². The zero-order valence-electron chi connectivity index (χ0n) is 7.54. The molecule has 7 heteroatoms. The second-order valence-corrected chi connectivity index (χ2v) is 5.13. The van der Waals surface area contributed by atoms with Crippen molar-refractivity contribution in [2.45, 2.75) is 6.54 Å². The zero-order chi connectivity index (χ0) is 10.8. The number of rotatable bonds is 4. The zero-order valence-corrected chi connectivity index (χ0v) is 8.36. The molecule has 0 saturated carbocycles. The van der Waals surface area contributed by atoms with Gasteiger partial charge in [0.25, 0.3) is 0 Å². The Morgan fingerprint density at radius 3 is 2.79 bits per heavy atom. The van der Waals surface area contributed by atoms with E-state index < -0.39 is 15.8 Å². The fraction of sp³-hybridized carbons (Fsp3) is 0.429. The summed E-state index contributed by atoms with van der Waals surface area (Å²) >= 11 is 0. The van der Waals surface area contributed by atoms with Gasteiger partial charge in [0.15, 0.2) is 0 Å². The van der Waals surface area contributed by atoms with Crippen molar-refractivity contribution < 1.29 is 18.3 Å². The lowest BCUT2D eigenvalue weighted by molar-refractivity contribution is 0.0683. The number of aromatic nitrogens is 2. The van der Waals surface area contributed by atoms with Crippen molar-refractivity contribution in [2.75, 3.05) is 12.0 Å². The maximum atomic E-state index is 10.8.